The Hall–Kier alpha value is -0.660. The zero-order valence-electron chi connectivity index (χ0n) is 6.30. The maximum absolute atomic E-state index is 10.1. The molecule has 0 bridgehead atoms. The summed E-state index contributed by atoms with van der Waals surface area (Å²) in [5, 5.41) is 8.27. The van der Waals surface area contributed by atoms with E-state index in [1.807, 2.05) is 0 Å². The highest BCUT2D eigenvalue weighted by Crippen LogP contribution is 1.97. The molecule has 0 aromatic heterocycles. The van der Waals surface area contributed by atoms with Gasteiger partial charge in [0.2, 0.25) is 0 Å². The summed E-state index contributed by atoms with van der Waals surface area (Å²) in [7, 11) is -3.99. The fourth-order valence-electron chi connectivity index (χ4n) is 0.609. The van der Waals surface area contributed by atoms with Crippen molar-refractivity contribution in [2.75, 3.05) is 5.75 Å². The molecule has 0 aliphatic rings. The highest BCUT2D eigenvalue weighted by atomic mass is 32.2. The van der Waals surface area contributed by atoms with Gasteiger partial charge in [0.25, 0.3) is 10.1 Å². The molecule has 1 atom stereocenters. The lowest BCUT2D eigenvalue weighted by molar-refractivity contribution is -0.138. The normalized spacial score (nSPS) is 14.2. The molecule has 0 fully saturated rings. The summed E-state index contributed by atoms with van der Waals surface area (Å²) in [5.74, 6) is -1.63. The van der Waals surface area contributed by atoms with E-state index in [0.29, 0.717) is 0 Å². The van der Waals surface area contributed by atoms with Gasteiger partial charge in [0, 0.05) is 0 Å². The van der Waals surface area contributed by atoms with Crippen LogP contribution in [-0.4, -0.2) is 35.8 Å². The minimum Gasteiger partial charge on any atom is -0.480 e. The van der Waals surface area contributed by atoms with Gasteiger partial charge in [0.1, 0.15) is 6.04 Å². The molecule has 0 aromatic rings. The number of carbonyl (C=O) groups is 1. The summed E-state index contributed by atoms with van der Waals surface area (Å²) in [6, 6.07) is -1.06. The van der Waals surface area contributed by atoms with Crippen molar-refractivity contribution in [3.8, 4) is 0 Å². The summed E-state index contributed by atoms with van der Waals surface area (Å²) in [6.07, 6.45) is 0.0847. The lowest BCUT2D eigenvalue weighted by Gasteiger charge is -2.03. The molecule has 0 amide bonds. The highest BCUT2D eigenvalue weighted by molar-refractivity contribution is 7.85. The predicted molar refractivity (Wildman–Crippen MR) is 41.3 cm³/mol. The first-order valence-corrected chi connectivity index (χ1v) is 4.87. The van der Waals surface area contributed by atoms with Crippen LogP contribution in [0, 0.1) is 0 Å². The van der Waals surface area contributed by atoms with Crippen LogP contribution >= 0.6 is 0 Å². The van der Waals surface area contributed by atoms with Crippen LogP contribution in [0.25, 0.3) is 0 Å². The Morgan fingerprint density at radius 3 is 2.33 bits per heavy atom. The largest absolute Gasteiger partial charge is 0.480 e. The quantitative estimate of drug-likeness (QED) is 0.490. The number of carboxylic acid groups (broad SMARTS) is 1. The highest BCUT2D eigenvalue weighted by Gasteiger charge is 2.12. The Labute approximate surface area is 70.1 Å². The van der Waals surface area contributed by atoms with Crippen LogP contribution < -0.4 is 5.73 Å². The summed E-state index contributed by atoms with van der Waals surface area (Å²) < 4.78 is 28.6. The van der Waals surface area contributed by atoms with Crippen molar-refractivity contribution in [1.29, 1.82) is 0 Å². The van der Waals surface area contributed by atoms with Crippen molar-refractivity contribution in [2.24, 2.45) is 5.73 Å². The topological polar surface area (TPSA) is 118 Å². The SMILES string of the molecule is NC(CCCS(=O)(=O)O)C(=O)O. The molecule has 0 radical (unpaired) electrons. The smallest absolute Gasteiger partial charge is 0.320 e. The number of hydrogen-bond donors (Lipinski definition) is 3. The van der Waals surface area contributed by atoms with Crippen LogP contribution in [0.5, 0.6) is 0 Å². The van der Waals surface area contributed by atoms with E-state index in [9.17, 15) is 13.2 Å². The Balaban J connectivity index is 3.65. The number of carboxylic acids is 1. The molecular formula is C5H11NO5S. The third-order valence-corrected chi connectivity index (χ3v) is 2.04. The van der Waals surface area contributed by atoms with Crippen molar-refractivity contribution in [2.45, 2.75) is 18.9 Å². The predicted octanol–water partition coefficient (Wildman–Crippen LogP) is -0.934. The second-order valence-electron chi connectivity index (χ2n) is 2.37. The maximum atomic E-state index is 10.1. The van der Waals surface area contributed by atoms with Crippen LogP contribution in [0.4, 0.5) is 0 Å². The van der Waals surface area contributed by atoms with Gasteiger partial charge >= 0.3 is 5.97 Å². The third kappa shape index (κ3) is 6.08. The Bertz CT molecular complexity index is 247. The van der Waals surface area contributed by atoms with Gasteiger partial charge < -0.3 is 10.8 Å². The first-order valence-electron chi connectivity index (χ1n) is 3.26. The molecule has 0 saturated carbocycles. The van der Waals surface area contributed by atoms with Gasteiger partial charge in [-0.15, -0.1) is 0 Å². The molecule has 0 saturated heterocycles. The lowest BCUT2D eigenvalue weighted by Crippen LogP contribution is -2.30. The van der Waals surface area contributed by atoms with E-state index < -0.39 is 27.9 Å². The first kappa shape index (κ1) is 11.3. The zero-order chi connectivity index (χ0) is 9.78. The van der Waals surface area contributed by atoms with Crippen LogP contribution in [0.3, 0.4) is 0 Å². The molecule has 7 heteroatoms. The molecule has 6 nitrogen and oxygen atoms in total. The van der Waals surface area contributed by atoms with E-state index in [-0.39, 0.29) is 12.8 Å². The maximum Gasteiger partial charge on any atom is 0.320 e. The molecule has 0 aromatic carbocycles. The van der Waals surface area contributed by atoms with Gasteiger partial charge in [-0.25, -0.2) is 0 Å². The average Bonchev–Trinajstić information content (AvgIpc) is 1.84. The van der Waals surface area contributed by atoms with Crippen molar-refractivity contribution in [3.05, 3.63) is 0 Å². The van der Waals surface area contributed by atoms with Crippen molar-refractivity contribution in [3.63, 3.8) is 0 Å². The van der Waals surface area contributed by atoms with Gasteiger partial charge in [0.15, 0.2) is 0 Å². The van der Waals surface area contributed by atoms with E-state index in [1.165, 1.54) is 0 Å². The van der Waals surface area contributed by atoms with Gasteiger partial charge in [-0.2, -0.15) is 8.42 Å². The number of nitrogens with two attached hydrogens (primary N) is 1. The molecule has 0 spiro atoms. The average molecular weight is 197 g/mol. The molecule has 0 heterocycles. The molecule has 4 N–H and O–H groups in total. The summed E-state index contributed by atoms with van der Waals surface area (Å²) >= 11 is 0. The van der Waals surface area contributed by atoms with Gasteiger partial charge in [-0.1, -0.05) is 0 Å². The second kappa shape index (κ2) is 4.39. The van der Waals surface area contributed by atoms with Crippen LogP contribution in [-0.2, 0) is 14.9 Å². The van der Waals surface area contributed by atoms with Crippen LogP contribution in [0.15, 0.2) is 0 Å². The van der Waals surface area contributed by atoms with E-state index in [4.69, 9.17) is 15.4 Å². The lowest BCUT2D eigenvalue weighted by atomic mass is 10.2. The summed E-state index contributed by atoms with van der Waals surface area (Å²) in [4.78, 5) is 10.1. The van der Waals surface area contributed by atoms with Crippen molar-refractivity contribution >= 4 is 16.1 Å². The van der Waals surface area contributed by atoms with E-state index in [2.05, 4.69) is 0 Å². The van der Waals surface area contributed by atoms with Crippen molar-refractivity contribution < 1.29 is 22.9 Å². The molecule has 0 rings (SSSR count). The molecule has 12 heavy (non-hydrogen) atoms. The zero-order valence-corrected chi connectivity index (χ0v) is 7.12. The molecule has 0 aliphatic heterocycles. The Morgan fingerprint density at radius 1 is 1.50 bits per heavy atom. The third-order valence-electron chi connectivity index (χ3n) is 1.23. The van der Waals surface area contributed by atoms with E-state index >= 15 is 0 Å². The van der Waals surface area contributed by atoms with Crippen LogP contribution in [0.1, 0.15) is 12.8 Å². The summed E-state index contributed by atoms with van der Waals surface area (Å²) in [6.45, 7) is 0. The minimum absolute atomic E-state index is 0.0368. The molecule has 0 aliphatic carbocycles. The van der Waals surface area contributed by atoms with Gasteiger partial charge in [-0.3, -0.25) is 9.35 Å². The molecule has 72 valence electrons. The number of hydrogen-bond acceptors (Lipinski definition) is 4. The standard InChI is InChI=1S/C5H11NO5S/c6-4(5(7)8)2-1-3-12(9,10)11/h4H,1-3,6H2,(H,7,8)(H,9,10,11). The molecule has 1 unspecified atom stereocenters. The monoisotopic (exact) mass is 197 g/mol. The van der Waals surface area contributed by atoms with Gasteiger partial charge in [-0.05, 0) is 12.8 Å². The Kier molecular flexibility index (Phi) is 4.15. The first-order chi connectivity index (χ1) is 5.33. The van der Waals surface area contributed by atoms with E-state index in [1.54, 1.807) is 0 Å². The minimum atomic E-state index is -3.99. The second-order valence-corrected chi connectivity index (χ2v) is 3.95. The number of rotatable bonds is 5. The molecular weight excluding hydrogens is 186 g/mol. The number of aliphatic carboxylic acids is 1. The van der Waals surface area contributed by atoms with Crippen LogP contribution in [0.2, 0.25) is 0 Å². The summed E-state index contributed by atoms with van der Waals surface area (Å²) in [5.41, 5.74) is 5.07. The van der Waals surface area contributed by atoms with E-state index in [0.717, 1.165) is 0 Å². The van der Waals surface area contributed by atoms with Gasteiger partial charge in [0.05, 0.1) is 5.75 Å². The fourth-order valence-corrected chi connectivity index (χ4v) is 1.14. The van der Waals surface area contributed by atoms with Crippen molar-refractivity contribution in [1.82, 2.24) is 0 Å². The Morgan fingerprint density at radius 2 is 2.00 bits per heavy atom. The fraction of sp³-hybridized carbons (Fsp3) is 0.800.